The molecule has 110 valence electrons. The Bertz CT molecular complexity index is 429. The zero-order valence-corrected chi connectivity index (χ0v) is 12.9. The summed E-state index contributed by atoms with van der Waals surface area (Å²) in [5.41, 5.74) is 1.88. The zero-order chi connectivity index (χ0) is 14.8. The van der Waals surface area contributed by atoms with Crippen molar-refractivity contribution in [2.45, 2.75) is 52.9 Å². The van der Waals surface area contributed by atoms with Crippen molar-refractivity contribution in [1.82, 2.24) is 0 Å². The first-order valence-corrected chi connectivity index (χ1v) is 7.61. The standard InChI is InChI=1S/C18H26O2/c1-4-6-8-15(3)14-18(19)16-9-11-17(12-10-16)20-13-7-5-2/h9-12,14H,4-8,13H2,1-3H3/b15-14+. The SMILES string of the molecule is CCCCOc1ccc(C(=O)/C=C(\C)CCCC)cc1. The molecule has 0 aliphatic carbocycles. The average Bonchev–Trinajstić information content (AvgIpc) is 2.46. The van der Waals surface area contributed by atoms with Crippen molar-refractivity contribution >= 4 is 5.78 Å². The summed E-state index contributed by atoms with van der Waals surface area (Å²) in [5.74, 6) is 0.917. The molecule has 2 nitrogen and oxygen atoms in total. The number of unbranched alkanes of at least 4 members (excludes halogenated alkanes) is 2. The molecular formula is C18H26O2. The molecule has 2 heteroatoms. The molecule has 0 radical (unpaired) electrons. The lowest BCUT2D eigenvalue weighted by atomic mass is 10.1. The quantitative estimate of drug-likeness (QED) is 0.352. The minimum atomic E-state index is 0.0821. The van der Waals surface area contributed by atoms with Crippen LogP contribution in [0.1, 0.15) is 63.2 Å². The van der Waals surface area contributed by atoms with Crippen LogP contribution in [0.4, 0.5) is 0 Å². The van der Waals surface area contributed by atoms with Crippen molar-refractivity contribution in [2.75, 3.05) is 6.61 Å². The molecule has 1 aromatic rings. The Kier molecular flexibility index (Phi) is 7.71. The predicted octanol–water partition coefficient (Wildman–Crippen LogP) is 5.18. The van der Waals surface area contributed by atoms with Crippen molar-refractivity contribution < 1.29 is 9.53 Å². The molecule has 0 amide bonds. The molecule has 0 unspecified atom stereocenters. The highest BCUT2D eigenvalue weighted by Crippen LogP contribution is 2.15. The van der Waals surface area contributed by atoms with Gasteiger partial charge in [0.15, 0.2) is 5.78 Å². The smallest absolute Gasteiger partial charge is 0.185 e. The van der Waals surface area contributed by atoms with E-state index >= 15 is 0 Å². The number of hydrogen-bond donors (Lipinski definition) is 0. The lowest BCUT2D eigenvalue weighted by Gasteiger charge is -2.05. The molecule has 0 spiro atoms. The molecule has 0 bridgehead atoms. The second-order valence-corrected chi connectivity index (χ2v) is 5.18. The first-order valence-electron chi connectivity index (χ1n) is 7.61. The maximum Gasteiger partial charge on any atom is 0.185 e. The fourth-order valence-electron chi connectivity index (χ4n) is 1.88. The Morgan fingerprint density at radius 2 is 1.75 bits per heavy atom. The third-order valence-corrected chi connectivity index (χ3v) is 3.21. The summed E-state index contributed by atoms with van der Waals surface area (Å²) in [6, 6.07) is 7.43. The average molecular weight is 274 g/mol. The molecule has 20 heavy (non-hydrogen) atoms. The van der Waals surface area contributed by atoms with Crippen LogP contribution in [0.2, 0.25) is 0 Å². The summed E-state index contributed by atoms with van der Waals surface area (Å²) >= 11 is 0. The molecule has 1 aromatic carbocycles. The Morgan fingerprint density at radius 3 is 2.35 bits per heavy atom. The lowest BCUT2D eigenvalue weighted by molar-refractivity contribution is 0.104. The molecule has 0 N–H and O–H groups in total. The number of rotatable bonds is 9. The van der Waals surface area contributed by atoms with Crippen LogP contribution in [0.5, 0.6) is 5.75 Å². The van der Waals surface area contributed by atoms with Gasteiger partial charge in [-0.1, -0.05) is 32.3 Å². The van der Waals surface area contributed by atoms with Crippen LogP contribution in [0.3, 0.4) is 0 Å². The molecule has 0 aliphatic heterocycles. The van der Waals surface area contributed by atoms with E-state index < -0.39 is 0 Å². The number of carbonyl (C=O) groups is 1. The van der Waals surface area contributed by atoms with Gasteiger partial charge in [0.1, 0.15) is 5.75 Å². The van der Waals surface area contributed by atoms with Crippen LogP contribution in [0.25, 0.3) is 0 Å². The van der Waals surface area contributed by atoms with E-state index in [1.54, 1.807) is 6.08 Å². The molecule has 0 aliphatic rings. The van der Waals surface area contributed by atoms with E-state index in [9.17, 15) is 4.79 Å². The van der Waals surface area contributed by atoms with Gasteiger partial charge >= 0.3 is 0 Å². The van der Waals surface area contributed by atoms with E-state index in [1.165, 1.54) is 0 Å². The summed E-state index contributed by atoms with van der Waals surface area (Å²) in [5, 5.41) is 0. The van der Waals surface area contributed by atoms with E-state index in [1.807, 2.05) is 31.2 Å². The fourth-order valence-corrected chi connectivity index (χ4v) is 1.88. The molecule has 0 atom stereocenters. The number of allylic oxidation sites excluding steroid dienone is 2. The number of carbonyl (C=O) groups excluding carboxylic acids is 1. The minimum absolute atomic E-state index is 0.0821. The van der Waals surface area contributed by atoms with Gasteiger partial charge in [0, 0.05) is 5.56 Å². The molecule has 0 aromatic heterocycles. The normalized spacial score (nSPS) is 11.4. The van der Waals surface area contributed by atoms with Crippen LogP contribution < -0.4 is 4.74 Å². The first-order chi connectivity index (χ1) is 9.67. The van der Waals surface area contributed by atoms with E-state index in [2.05, 4.69) is 13.8 Å². The van der Waals surface area contributed by atoms with E-state index in [4.69, 9.17) is 4.74 Å². The zero-order valence-electron chi connectivity index (χ0n) is 12.9. The summed E-state index contributed by atoms with van der Waals surface area (Å²) in [6.07, 6.45) is 7.23. The van der Waals surface area contributed by atoms with Gasteiger partial charge in [-0.2, -0.15) is 0 Å². The summed E-state index contributed by atoms with van der Waals surface area (Å²) in [4.78, 5) is 12.1. The van der Waals surface area contributed by atoms with Gasteiger partial charge in [-0.15, -0.1) is 0 Å². The van der Waals surface area contributed by atoms with E-state index in [0.717, 1.165) is 55.6 Å². The molecule has 0 fully saturated rings. The first kappa shape index (κ1) is 16.5. The molecule has 1 rings (SSSR count). The van der Waals surface area contributed by atoms with Gasteiger partial charge < -0.3 is 4.74 Å². The van der Waals surface area contributed by atoms with Crippen molar-refractivity contribution in [1.29, 1.82) is 0 Å². The van der Waals surface area contributed by atoms with Crippen LogP contribution in [-0.4, -0.2) is 12.4 Å². The summed E-state index contributed by atoms with van der Waals surface area (Å²) in [6.45, 7) is 7.06. The summed E-state index contributed by atoms with van der Waals surface area (Å²) in [7, 11) is 0. The maximum absolute atomic E-state index is 12.1. The Labute approximate surface area is 122 Å². The minimum Gasteiger partial charge on any atom is -0.494 e. The maximum atomic E-state index is 12.1. The van der Waals surface area contributed by atoms with Gasteiger partial charge in [0.25, 0.3) is 0 Å². The third kappa shape index (κ3) is 6.05. The molecule has 0 heterocycles. The highest BCUT2D eigenvalue weighted by molar-refractivity contribution is 6.04. The van der Waals surface area contributed by atoms with E-state index in [0.29, 0.717) is 0 Å². The number of benzene rings is 1. The number of hydrogen-bond acceptors (Lipinski definition) is 2. The van der Waals surface area contributed by atoms with Crippen molar-refractivity contribution in [2.24, 2.45) is 0 Å². The monoisotopic (exact) mass is 274 g/mol. The van der Waals surface area contributed by atoms with Gasteiger partial charge in [-0.3, -0.25) is 4.79 Å². The number of ketones is 1. The van der Waals surface area contributed by atoms with Crippen LogP contribution in [0, 0.1) is 0 Å². The van der Waals surface area contributed by atoms with Gasteiger partial charge in [0.2, 0.25) is 0 Å². The Balaban J connectivity index is 2.56. The van der Waals surface area contributed by atoms with Crippen molar-refractivity contribution in [3.8, 4) is 5.75 Å². The second kappa shape index (κ2) is 9.35. The van der Waals surface area contributed by atoms with Gasteiger partial charge in [-0.25, -0.2) is 0 Å². The topological polar surface area (TPSA) is 26.3 Å². The van der Waals surface area contributed by atoms with Crippen LogP contribution in [0.15, 0.2) is 35.9 Å². The Morgan fingerprint density at radius 1 is 1.10 bits per heavy atom. The lowest BCUT2D eigenvalue weighted by Crippen LogP contribution is -1.98. The third-order valence-electron chi connectivity index (χ3n) is 3.21. The van der Waals surface area contributed by atoms with Gasteiger partial charge in [0.05, 0.1) is 6.61 Å². The van der Waals surface area contributed by atoms with E-state index in [-0.39, 0.29) is 5.78 Å². The van der Waals surface area contributed by atoms with Crippen molar-refractivity contribution in [3.63, 3.8) is 0 Å². The fraction of sp³-hybridized carbons (Fsp3) is 0.500. The second-order valence-electron chi connectivity index (χ2n) is 5.18. The summed E-state index contributed by atoms with van der Waals surface area (Å²) < 4.78 is 5.59. The Hall–Kier alpha value is -1.57. The highest BCUT2D eigenvalue weighted by Gasteiger charge is 2.03. The largest absolute Gasteiger partial charge is 0.494 e. The highest BCUT2D eigenvalue weighted by atomic mass is 16.5. The van der Waals surface area contributed by atoms with Crippen LogP contribution in [-0.2, 0) is 0 Å². The predicted molar refractivity (Wildman–Crippen MR) is 84.5 cm³/mol. The van der Waals surface area contributed by atoms with Gasteiger partial charge in [-0.05, 0) is 56.5 Å². The molecule has 0 saturated heterocycles. The van der Waals surface area contributed by atoms with Crippen molar-refractivity contribution in [3.05, 3.63) is 41.5 Å². The number of ether oxygens (including phenoxy) is 1. The molecular weight excluding hydrogens is 248 g/mol. The van der Waals surface area contributed by atoms with Crippen LogP contribution >= 0.6 is 0 Å². The molecule has 0 saturated carbocycles.